The molecule has 1 nitrogen and oxygen atoms in total. The Morgan fingerprint density at radius 2 is 1.83 bits per heavy atom. The van der Waals surface area contributed by atoms with Gasteiger partial charge in [0.1, 0.15) is 0 Å². The van der Waals surface area contributed by atoms with Crippen LogP contribution in [0.3, 0.4) is 0 Å². The van der Waals surface area contributed by atoms with Crippen LogP contribution in [0.15, 0.2) is 28.9 Å². The van der Waals surface area contributed by atoms with E-state index >= 15 is 0 Å². The fraction of sp³-hybridized carbons (Fsp3) is 0.706. The van der Waals surface area contributed by atoms with Crippen molar-refractivity contribution in [3.05, 3.63) is 23.9 Å². The molecule has 0 fully saturated rings. The first-order valence-corrected chi connectivity index (χ1v) is 6.99. The van der Waals surface area contributed by atoms with Crippen molar-refractivity contribution < 1.29 is 0 Å². The second-order valence-corrected chi connectivity index (χ2v) is 6.68. The minimum atomic E-state index is 0.230. The lowest BCUT2D eigenvalue weighted by Crippen LogP contribution is -2.29. The lowest BCUT2D eigenvalue weighted by Gasteiger charge is -2.39. The van der Waals surface area contributed by atoms with Gasteiger partial charge in [0.2, 0.25) is 0 Å². The zero-order valence-electron chi connectivity index (χ0n) is 13.4. The van der Waals surface area contributed by atoms with E-state index in [9.17, 15) is 0 Å². The van der Waals surface area contributed by atoms with E-state index in [1.54, 1.807) is 0 Å². The molecule has 0 heterocycles. The molecule has 1 atom stereocenters. The van der Waals surface area contributed by atoms with Gasteiger partial charge in [0, 0.05) is 11.6 Å². The van der Waals surface area contributed by atoms with Crippen molar-refractivity contribution >= 4 is 6.72 Å². The highest BCUT2D eigenvalue weighted by Crippen LogP contribution is 2.43. The fourth-order valence-electron chi connectivity index (χ4n) is 2.44. The van der Waals surface area contributed by atoms with Crippen molar-refractivity contribution in [2.45, 2.75) is 61.3 Å². The molecule has 0 aromatic heterocycles. The van der Waals surface area contributed by atoms with E-state index < -0.39 is 0 Å². The molecule has 104 valence electrons. The molecule has 0 aromatic carbocycles. The van der Waals surface area contributed by atoms with Crippen LogP contribution in [0.1, 0.15) is 61.3 Å². The van der Waals surface area contributed by atoms with E-state index in [2.05, 4.69) is 59.3 Å². The van der Waals surface area contributed by atoms with Crippen LogP contribution in [0.5, 0.6) is 0 Å². The summed E-state index contributed by atoms with van der Waals surface area (Å²) in [5.74, 6) is 0.414. The second kappa shape index (κ2) is 6.92. The average molecular weight is 249 g/mol. The van der Waals surface area contributed by atoms with Crippen molar-refractivity contribution in [1.29, 1.82) is 0 Å². The maximum atomic E-state index is 4.21. The van der Waals surface area contributed by atoms with Gasteiger partial charge >= 0.3 is 0 Å². The maximum Gasteiger partial charge on any atom is 0.0429 e. The van der Waals surface area contributed by atoms with Crippen molar-refractivity contribution in [3.8, 4) is 0 Å². The Balaban J connectivity index is 5.04. The van der Waals surface area contributed by atoms with Crippen molar-refractivity contribution in [2.75, 3.05) is 0 Å². The van der Waals surface area contributed by atoms with Gasteiger partial charge in [-0.25, -0.2) is 0 Å². The highest BCUT2D eigenvalue weighted by Gasteiger charge is 2.33. The summed E-state index contributed by atoms with van der Waals surface area (Å²) in [6.45, 7) is 19.6. The predicted octanol–water partition coefficient (Wildman–Crippen LogP) is 5.64. The Morgan fingerprint density at radius 1 is 1.28 bits per heavy atom. The molecule has 0 rings (SSSR count). The Hall–Kier alpha value is -0.850. The molecule has 0 spiro atoms. The van der Waals surface area contributed by atoms with Crippen molar-refractivity contribution in [3.63, 3.8) is 0 Å². The van der Waals surface area contributed by atoms with Crippen LogP contribution >= 0.6 is 0 Å². The largest absolute Gasteiger partial charge is 0.269 e. The molecule has 0 saturated heterocycles. The number of nitrogens with zero attached hydrogens (tertiary/aromatic N) is 1. The monoisotopic (exact) mass is 249 g/mol. The first-order valence-electron chi connectivity index (χ1n) is 6.99. The van der Waals surface area contributed by atoms with E-state index in [4.69, 9.17) is 0 Å². The van der Waals surface area contributed by atoms with Crippen LogP contribution in [0.4, 0.5) is 0 Å². The molecule has 0 saturated carbocycles. The number of aliphatic imine (C=N–C) groups is 1. The molecule has 0 aliphatic carbocycles. The Labute approximate surface area is 114 Å². The van der Waals surface area contributed by atoms with Gasteiger partial charge in [-0.3, -0.25) is 4.99 Å². The standard InChI is InChI=1S/C17H31N/c1-9-11-12-15(18-8)14(3)17(6,7)13-16(4,5)10-2/h9,11-12,14H,8,10,13H2,1-7H3/b11-9-,15-12-. The zero-order chi connectivity index (χ0) is 14.4. The second-order valence-electron chi connectivity index (χ2n) is 6.68. The van der Waals surface area contributed by atoms with E-state index in [1.807, 2.05) is 19.1 Å². The molecule has 18 heavy (non-hydrogen) atoms. The van der Waals surface area contributed by atoms with Crippen LogP contribution in [-0.4, -0.2) is 6.72 Å². The van der Waals surface area contributed by atoms with Gasteiger partial charge in [-0.15, -0.1) is 0 Å². The summed E-state index contributed by atoms with van der Waals surface area (Å²) >= 11 is 0. The normalized spacial score (nSPS) is 16.1. The summed E-state index contributed by atoms with van der Waals surface area (Å²) < 4.78 is 0. The number of hydrogen-bond donors (Lipinski definition) is 0. The lowest BCUT2D eigenvalue weighted by atomic mass is 9.67. The predicted molar refractivity (Wildman–Crippen MR) is 84.1 cm³/mol. The number of hydrogen-bond acceptors (Lipinski definition) is 1. The topological polar surface area (TPSA) is 12.4 Å². The van der Waals surface area contributed by atoms with E-state index in [0.717, 1.165) is 5.70 Å². The molecule has 0 bridgehead atoms. The third kappa shape index (κ3) is 5.20. The highest BCUT2D eigenvalue weighted by molar-refractivity contribution is 5.31. The molecular weight excluding hydrogens is 218 g/mol. The van der Waals surface area contributed by atoms with Crippen molar-refractivity contribution in [2.24, 2.45) is 21.7 Å². The first-order chi connectivity index (χ1) is 8.20. The van der Waals surface area contributed by atoms with Gasteiger partial charge in [-0.05, 0) is 37.0 Å². The fourth-order valence-corrected chi connectivity index (χ4v) is 2.44. The summed E-state index contributed by atoms with van der Waals surface area (Å²) in [6.07, 6.45) is 8.56. The molecule has 1 heteroatoms. The molecule has 1 unspecified atom stereocenters. The van der Waals surface area contributed by atoms with Gasteiger partial charge in [0.05, 0.1) is 0 Å². The molecule has 0 amide bonds. The molecule has 0 N–H and O–H groups in total. The van der Waals surface area contributed by atoms with E-state index in [1.165, 1.54) is 12.8 Å². The molecular formula is C17H31N. The highest BCUT2D eigenvalue weighted by atomic mass is 14.7. The van der Waals surface area contributed by atoms with Crippen molar-refractivity contribution in [1.82, 2.24) is 0 Å². The first kappa shape index (κ1) is 17.2. The Bertz CT molecular complexity index is 319. The van der Waals surface area contributed by atoms with Gasteiger partial charge < -0.3 is 0 Å². The zero-order valence-corrected chi connectivity index (χ0v) is 13.4. The lowest BCUT2D eigenvalue weighted by molar-refractivity contribution is 0.144. The van der Waals surface area contributed by atoms with Crippen LogP contribution in [-0.2, 0) is 0 Å². The van der Waals surface area contributed by atoms with E-state index in [0.29, 0.717) is 11.3 Å². The smallest absolute Gasteiger partial charge is 0.0429 e. The van der Waals surface area contributed by atoms with Crippen LogP contribution in [0.2, 0.25) is 0 Å². The molecule has 0 radical (unpaired) electrons. The molecule has 0 aliphatic heterocycles. The molecule has 0 aromatic rings. The average Bonchev–Trinajstić information content (AvgIpc) is 2.28. The third-order valence-electron chi connectivity index (χ3n) is 4.15. The van der Waals surface area contributed by atoms with Crippen LogP contribution in [0, 0.1) is 16.7 Å². The van der Waals surface area contributed by atoms with Gasteiger partial charge in [-0.1, -0.05) is 60.1 Å². The van der Waals surface area contributed by atoms with Gasteiger partial charge in [0.15, 0.2) is 0 Å². The summed E-state index contributed by atoms with van der Waals surface area (Å²) in [6, 6.07) is 0. The van der Waals surface area contributed by atoms with Gasteiger partial charge in [-0.2, -0.15) is 0 Å². The Morgan fingerprint density at radius 3 is 2.22 bits per heavy atom. The summed E-state index contributed by atoms with van der Waals surface area (Å²) in [5.41, 5.74) is 1.70. The Kier molecular flexibility index (Phi) is 6.59. The minimum Gasteiger partial charge on any atom is -0.269 e. The van der Waals surface area contributed by atoms with Gasteiger partial charge in [0.25, 0.3) is 0 Å². The summed E-state index contributed by atoms with van der Waals surface area (Å²) in [5, 5.41) is 0. The maximum absolute atomic E-state index is 4.21. The SMILES string of the molecule is C=N/C(=C\C=C/C)C(C)C(C)(C)CC(C)(C)CC. The quantitative estimate of drug-likeness (QED) is 0.409. The molecule has 0 aliphatic rings. The summed E-state index contributed by atoms with van der Waals surface area (Å²) in [4.78, 5) is 4.21. The van der Waals surface area contributed by atoms with Crippen LogP contribution in [0.25, 0.3) is 0 Å². The van der Waals surface area contributed by atoms with Crippen LogP contribution < -0.4 is 0 Å². The number of allylic oxidation sites excluding steroid dienone is 4. The minimum absolute atomic E-state index is 0.230. The summed E-state index contributed by atoms with van der Waals surface area (Å²) in [7, 11) is 0. The third-order valence-corrected chi connectivity index (χ3v) is 4.15. The number of rotatable bonds is 7. The van der Waals surface area contributed by atoms with E-state index in [-0.39, 0.29) is 5.41 Å².